The second-order valence-corrected chi connectivity index (χ2v) is 5.02. The molecule has 0 aliphatic heterocycles. The van der Waals surface area contributed by atoms with Gasteiger partial charge >= 0.3 is 0 Å². The Kier molecular flexibility index (Phi) is 3.28. The van der Waals surface area contributed by atoms with E-state index in [9.17, 15) is 5.26 Å². The molecule has 0 unspecified atom stereocenters. The fourth-order valence-electron chi connectivity index (χ4n) is 2.87. The Morgan fingerprint density at radius 2 is 1.84 bits per heavy atom. The lowest BCUT2D eigenvalue weighted by molar-refractivity contribution is 0.429. The highest BCUT2D eigenvalue weighted by Gasteiger charge is 2.25. The number of hydrogen-bond acceptors (Lipinski definition) is 3. The van der Waals surface area contributed by atoms with Gasteiger partial charge in [0.15, 0.2) is 5.69 Å². The van der Waals surface area contributed by atoms with Gasteiger partial charge in [0.1, 0.15) is 6.07 Å². The van der Waals surface area contributed by atoms with E-state index in [1.165, 1.54) is 19.3 Å². The summed E-state index contributed by atoms with van der Waals surface area (Å²) in [5.41, 5.74) is 2.46. The van der Waals surface area contributed by atoms with Crippen molar-refractivity contribution >= 4 is 0 Å². The zero-order chi connectivity index (χ0) is 13.1. The maximum Gasteiger partial charge on any atom is 0.186 e. The Balaban J connectivity index is 2.06. The van der Waals surface area contributed by atoms with Crippen LogP contribution < -0.4 is 0 Å². The Hall–Kier alpha value is -2.15. The second kappa shape index (κ2) is 5.23. The smallest absolute Gasteiger partial charge is 0.186 e. The molecule has 1 aromatic carbocycles. The molecule has 0 amide bonds. The van der Waals surface area contributed by atoms with Crippen LogP contribution in [0.3, 0.4) is 0 Å². The van der Waals surface area contributed by atoms with Crippen molar-refractivity contribution in [2.45, 2.75) is 38.0 Å². The highest BCUT2D eigenvalue weighted by Crippen LogP contribution is 2.34. The van der Waals surface area contributed by atoms with Crippen LogP contribution in [-0.4, -0.2) is 15.0 Å². The molecule has 0 atom stereocenters. The Labute approximate surface area is 112 Å². The molecular weight excluding hydrogens is 236 g/mol. The largest absolute Gasteiger partial charge is 0.216 e. The van der Waals surface area contributed by atoms with Crippen molar-refractivity contribution in [2.75, 3.05) is 0 Å². The van der Waals surface area contributed by atoms with Gasteiger partial charge in [-0.2, -0.15) is 5.26 Å². The minimum absolute atomic E-state index is 0.415. The van der Waals surface area contributed by atoms with Crippen LogP contribution in [0.4, 0.5) is 0 Å². The summed E-state index contributed by atoms with van der Waals surface area (Å²) in [5, 5.41) is 17.5. The van der Waals surface area contributed by atoms with E-state index >= 15 is 0 Å². The maximum absolute atomic E-state index is 9.24. The van der Waals surface area contributed by atoms with Crippen LogP contribution in [0.2, 0.25) is 0 Å². The number of rotatable bonds is 2. The molecule has 2 aromatic rings. The van der Waals surface area contributed by atoms with Crippen molar-refractivity contribution in [3.8, 4) is 11.8 Å². The van der Waals surface area contributed by atoms with Gasteiger partial charge < -0.3 is 0 Å². The topological polar surface area (TPSA) is 54.5 Å². The quantitative estimate of drug-likeness (QED) is 0.824. The van der Waals surface area contributed by atoms with Gasteiger partial charge in [0.2, 0.25) is 0 Å². The van der Waals surface area contributed by atoms with E-state index in [2.05, 4.69) is 16.4 Å². The van der Waals surface area contributed by atoms with Gasteiger partial charge in [-0.15, -0.1) is 5.10 Å². The highest BCUT2D eigenvalue weighted by atomic mass is 15.4. The molecule has 1 saturated carbocycles. The van der Waals surface area contributed by atoms with Crippen LogP contribution in [-0.2, 0) is 0 Å². The number of hydrogen-bond donors (Lipinski definition) is 0. The summed E-state index contributed by atoms with van der Waals surface area (Å²) in [6, 6.07) is 12.1. The van der Waals surface area contributed by atoms with E-state index in [0.29, 0.717) is 11.6 Å². The minimum Gasteiger partial charge on any atom is -0.216 e. The van der Waals surface area contributed by atoms with Crippen LogP contribution in [0.5, 0.6) is 0 Å². The van der Waals surface area contributed by atoms with E-state index in [1.54, 1.807) is 0 Å². The average molecular weight is 252 g/mol. The standard InChI is InChI=1S/C15H16N4/c16-11-14-15(12-7-3-1-4-8-12)19(18-17-14)13-9-5-2-6-10-13/h2,5-6,9-10,12H,1,3-4,7-8H2. The summed E-state index contributed by atoms with van der Waals surface area (Å²) in [6.07, 6.45) is 6.03. The third kappa shape index (κ3) is 2.24. The molecule has 1 aliphatic rings. The molecule has 0 spiro atoms. The van der Waals surface area contributed by atoms with Crippen molar-refractivity contribution in [2.24, 2.45) is 0 Å². The van der Waals surface area contributed by atoms with E-state index in [-0.39, 0.29) is 0 Å². The number of benzene rings is 1. The fourth-order valence-corrected chi connectivity index (χ4v) is 2.87. The first-order valence-electron chi connectivity index (χ1n) is 6.81. The van der Waals surface area contributed by atoms with Crippen molar-refractivity contribution in [3.05, 3.63) is 41.7 Å². The Morgan fingerprint density at radius 3 is 2.53 bits per heavy atom. The molecular formula is C15H16N4. The molecule has 4 heteroatoms. The molecule has 0 radical (unpaired) electrons. The van der Waals surface area contributed by atoms with Crippen LogP contribution in [0.1, 0.15) is 49.4 Å². The molecule has 1 aromatic heterocycles. The molecule has 4 nitrogen and oxygen atoms in total. The summed E-state index contributed by atoms with van der Waals surface area (Å²) < 4.78 is 1.84. The number of nitriles is 1. The number of aromatic nitrogens is 3. The Bertz CT molecular complexity index is 588. The highest BCUT2D eigenvalue weighted by molar-refractivity contribution is 5.38. The molecule has 1 heterocycles. The maximum atomic E-state index is 9.24. The SMILES string of the molecule is N#Cc1nnn(-c2ccccc2)c1C1CCCCC1. The molecule has 0 saturated heterocycles. The van der Waals surface area contributed by atoms with Gasteiger partial charge in [-0.3, -0.25) is 0 Å². The summed E-state index contributed by atoms with van der Waals surface area (Å²) in [4.78, 5) is 0. The monoisotopic (exact) mass is 252 g/mol. The summed E-state index contributed by atoms with van der Waals surface area (Å²) >= 11 is 0. The predicted molar refractivity (Wildman–Crippen MR) is 71.9 cm³/mol. The zero-order valence-electron chi connectivity index (χ0n) is 10.8. The third-order valence-electron chi connectivity index (χ3n) is 3.80. The lowest BCUT2D eigenvalue weighted by Gasteiger charge is -2.22. The summed E-state index contributed by atoms with van der Waals surface area (Å²) in [7, 11) is 0. The average Bonchev–Trinajstić information content (AvgIpc) is 2.93. The van der Waals surface area contributed by atoms with E-state index in [0.717, 1.165) is 24.2 Å². The molecule has 1 fully saturated rings. The zero-order valence-corrected chi connectivity index (χ0v) is 10.8. The number of para-hydroxylation sites is 1. The molecule has 1 aliphatic carbocycles. The van der Waals surface area contributed by atoms with Gasteiger partial charge in [0.05, 0.1) is 11.4 Å². The summed E-state index contributed by atoms with van der Waals surface area (Å²) in [5.74, 6) is 0.415. The van der Waals surface area contributed by atoms with E-state index < -0.39 is 0 Å². The van der Waals surface area contributed by atoms with E-state index in [1.807, 2.05) is 35.0 Å². The summed E-state index contributed by atoms with van der Waals surface area (Å²) in [6.45, 7) is 0. The molecule has 3 rings (SSSR count). The van der Waals surface area contributed by atoms with Gasteiger partial charge in [0, 0.05) is 5.92 Å². The van der Waals surface area contributed by atoms with Crippen molar-refractivity contribution < 1.29 is 0 Å². The first-order valence-corrected chi connectivity index (χ1v) is 6.81. The minimum atomic E-state index is 0.415. The normalized spacial score (nSPS) is 16.2. The van der Waals surface area contributed by atoms with Crippen molar-refractivity contribution in [3.63, 3.8) is 0 Å². The lowest BCUT2D eigenvalue weighted by Crippen LogP contribution is -2.12. The van der Waals surface area contributed by atoms with Crippen LogP contribution >= 0.6 is 0 Å². The van der Waals surface area contributed by atoms with E-state index in [4.69, 9.17) is 0 Å². The molecule has 0 N–H and O–H groups in total. The fraction of sp³-hybridized carbons (Fsp3) is 0.400. The van der Waals surface area contributed by atoms with Crippen LogP contribution in [0, 0.1) is 11.3 Å². The second-order valence-electron chi connectivity index (χ2n) is 5.02. The van der Waals surface area contributed by atoms with Gasteiger partial charge in [-0.25, -0.2) is 4.68 Å². The Morgan fingerprint density at radius 1 is 1.11 bits per heavy atom. The molecule has 0 bridgehead atoms. The van der Waals surface area contributed by atoms with Crippen molar-refractivity contribution in [1.29, 1.82) is 5.26 Å². The van der Waals surface area contributed by atoms with Gasteiger partial charge in [0.25, 0.3) is 0 Å². The first kappa shape index (κ1) is 11.9. The first-order chi connectivity index (χ1) is 9.40. The third-order valence-corrected chi connectivity index (χ3v) is 3.80. The van der Waals surface area contributed by atoms with Gasteiger partial charge in [-0.05, 0) is 25.0 Å². The molecule has 96 valence electrons. The van der Waals surface area contributed by atoms with Crippen molar-refractivity contribution in [1.82, 2.24) is 15.0 Å². The number of nitrogens with zero attached hydrogens (tertiary/aromatic N) is 4. The van der Waals surface area contributed by atoms with Crippen LogP contribution in [0.15, 0.2) is 30.3 Å². The van der Waals surface area contributed by atoms with Crippen LogP contribution in [0.25, 0.3) is 5.69 Å². The predicted octanol–water partition coefficient (Wildman–Crippen LogP) is 3.19. The molecule has 19 heavy (non-hydrogen) atoms. The lowest BCUT2D eigenvalue weighted by atomic mass is 9.86. The van der Waals surface area contributed by atoms with Gasteiger partial charge in [-0.1, -0.05) is 42.7 Å².